The zero-order valence-electron chi connectivity index (χ0n) is 21.6. The molecule has 0 fully saturated rings. The molecule has 0 heterocycles. The van der Waals surface area contributed by atoms with Crippen molar-refractivity contribution in [3.63, 3.8) is 0 Å². The Bertz CT molecular complexity index is 1200. The Hall–Kier alpha value is -2.45. The minimum absolute atomic E-state index is 0.00316. The first-order valence-electron chi connectivity index (χ1n) is 11.9. The third-order valence-corrected chi connectivity index (χ3v) is 7.35. The summed E-state index contributed by atoms with van der Waals surface area (Å²) in [6.07, 6.45) is 0. The molecule has 0 radical (unpaired) electrons. The molecule has 0 atom stereocenters. The minimum Gasteiger partial charge on any atom is -0.192 e. The fourth-order valence-corrected chi connectivity index (χ4v) is 5.41. The van der Waals surface area contributed by atoms with Gasteiger partial charge in [0.15, 0.2) is 0 Å². The first kappa shape index (κ1) is 23.7. The fraction of sp³-hybridized carbons (Fsp3) is 0.387. The van der Waals surface area contributed by atoms with Crippen LogP contribution in [0.15, 0.2) is 65.0 Å². The summed E-state index contributed by atoms with van der Waals surface area (Å²) in [4.78, 5) is 1.25. The molecule has 3 aromatic rings. The van der Waals surface area contributed by atoms with Crippen LogP contribution in [0.1, 0.15) is 90.1 Å². The number of hydrogen-bond acceptors (Lipinski definition) is 1. The van der Waals surface area contributed by atoms with Crippen molar-refractivity contribution in [2.75, 3.05) is 0 Å². The molecule has 0 saturated carbocycles. The second kappa shape index (κ2) is 8.09. The lowest BCUT2D eigenvalue weighted by molar-refractivity contribution is 0.550. The predicted octanol–water partition coefficient (Wildman–Crippen LogP) is 8.73. The molecule has 0 aromatic heterocycles. The molecule has 1 aliphatic rings. The van der Waals surface area contributed by atoms with Gasteiger partial charge in [0, 0.05) is 11.1 Å². The molecule has 2 heteroatoms. The van der Waals surface area contributed by atoms with E-state index in [1.54, 1.807) is 11.1 Å². The van der Waals surface area contributed by atoms with Crippen molar-refractivity contribution >= 4 is 21.7 Å². The van der Waals surface area contributed by atoms with Crippen LogP contribution >= 0.6 is 0 Å². The first-order chi connectivity index (χ1) is 15.3. The van der Waals surface area contributed by atoms with Crippen LogP contribution in [-0.2, 0) is 27.4 Å². The zero-order valence-corrected chi connectivity index (χ0v) is 22.4. The largest absolute Gasteiger partial charge is 0.192 e. The van der Waals surface area contributed by atoms with Crippen molar-refractivity contribution in [1.29, 1.82) is 0 Å². The monoisotopic (exact) mass is 455 g/mol. The van der Waals surface area contributed by atoms with Gasteiger partial charge in [0.25, 0.3) is 0 Å². The van der Waals surface area contributed by atoms with Gasteiger partial charge in [-0.15, -0.1) is 0 Å². The molecule has 0 unspecified atom stereocenters. The Morgan fingerprint density at radius 1 is 0.545 bits per heavy atom. The molecule has 0 bridgehead atoms. The summed E-state index contributed by atoms with van der Waals surface area (Å²) in [6, 6.07) is 22.2. The molecule has 0 aliphatic heterocycles. The van der Waals surface area contributed by atoms with Crippen LogP contribution in [0.4, 0.5) is 5.69 Å². The summed E-state index contributed by atoms with van der Waals surface area (Å²) in [6.45, 7) is 20.7. The van der Waals surface area contributed by atoms with Crippen LogP contribution in [0, 0.1) is 0 Å². The smallest absolute Gasteiger partial charge is 0.0834 e. The maximum absolute atomic E-state index is 5.32. The molecule has 4 rings (SSSR count). The Morgan fingerprint density at radius 2 is 0.939 bits per heavy atom. The highest BCUT2D eigenvalue weighted by atomic mass is 32.1. The van der Waals surface area contributed by atoms with Gasteiger partial charge in [-0.2, -0.15) is 4.36 Å². The van der Waals surface area contributed by atoms with Gasteiger partial charge >= 0.3 is 0 Å². The second-order valence-corrected chi connectivity index (χ2v) is 13.0. The highest BCUT2D eigenvalue weighted by molar-refractivity contribution is 7.70. The summed E-state index contributed by atoms with van der Waals surface area (Å²) in [5.74, 6) is 0. The van der Waals surface area contributed by atoms with Gasteiger partial charge in [0.05, 0.1) is 10.6 Å². The molecule has 0 N–H and O–H groups in total. The molecule has 0 spiro atoms. The topological polar surface area (TPSA) is 12.4 Å². The van der Waals surface area contributed by atoms with Gasteiger partial charge < -0.3 is 0 Å². The predicted molar refractivity (Wildman–Crippen MR) is 147 cm³/mol. The summed E-state index contributed by atoms with van der Waals surface area (Å²) in [7, 11) is 0. The van der Waals surface area contributed by atoms with Crippen molar-refractivity contribution in [3.8, 4) is 11.1 Å². The van der Waals surface area contributed by atoms with Gasteiger partial charge in [0.2, 0.25) is 0 Å². The van der Waals surface area contributed by atoms with Crippen LogP contribution in [0.5, 0.6) is 0 Å². The number of nitrogens with zero attached hydrogens (tertiary/aromatic N) is 1. The molecule has 0 saturated heterocycles. The van der Waals surface area contributed by atoms with Crippen LogP contribution in [0.25, 0.3) is 11.1 Å². The quantitative estimate of drug-likeness (QED) is 0.254. The average molecular weight is 456 g/mol. The van der Waals surface area contributed by atoms with Crippen molar-refractivity contribution in [1.82, 2.24) is 0 Å². The fourth-order valence-electron chi connectivity index (χ4n) is 4.48. The highest BCUT2D eigenvalue weighted by Gasteiger charge is 2.29. The van der Waals surface area contributed by atoms with E-state index in [4.69, 9.17) is 4.36 Å². The summed E-state index contributed by atoms with van der Waals surface area (Å²) < 4.78 is 5.32. The van der Waals surface area contributed by atoms with E-state index in [0.717, 1.165) is 5.69 Å². The van der Waals surface area contributed by atoms with Gasteiger partial charge in [0.1, 0.15) is 0 Å². The van der Waals surface area contributed by atoms with Crippen molar-refractivity contribution in [2.45, 2.75) is 78.6 Å². The maximum atomic E-state index is 5.32. The molecule has 1 nitrogen and oxygen atoms in total. The highest BCUT2D eigenvalue weighted by Crippen LogP contribution is 2.43. The molecular formula is C31H37NS. The van der Waals surface area contributed by atoms with Gasteiger partial charge in [-0.25, -0.2) is 0 Å². The van der Waals surface area contributed by atoms with Crippen LogP contribution in [0.2, 0.25) is 0 Å². The molecule has 33 heavy (non-hydrogen) atoms. The van der Waals surface area contributed by atoms with E-state index >= 15 is 0 Å². The van der Waals surface area contributed by atoms with Crippen LogP contribution in [-0.4, -0.2) is 4.86 Å². The number of fused-ring (bicyclic) bond motifs is 3. The Labute approximate surface area is 204 Å². The molecule has 0 amide bonds. The van der Waals surface area contributed by atoms with E-state index in [0.29, 0.717) is 0 Å². The molecule has 3 aromatic carbocycles. The van der Waals surface area contributed by atoms with Crippen molar-refractivity contribution < 1.29 is 0 Å². The lowest BCUT2D eigenvalue weighted by atomic mass is 9.74. The van der Waals surface area contributed by atoms with Crippen molar-refractivity contribution in [2.24, 2.45) is 4.36 Å². The number of rotatable bonds is 1. The van der Waals surface area contributed by atoms with Crippen LogP contribution < -0.4 is 0 Å². The van der Waals surface area contributed by atoms with Crippen molar-refractivity contribution in [3.05, 3.63) is 88.5 Å². The Kier molecular flexibility index (Phi) is 5.81. The van der Waals surface area contributed by atoms with Crippen LogP contribution in [0.3, 0.4) is 0 Å². The van der Waals surface area contributed by atoms with E-state index in [1.165, 1.54) is 43.8 Å². The standard InChI is InChI=1S/C31H37NS/c1-29(2,3)20-18-25(30(4,5)6)27(26(19-20)31(7,8)9)32-33-28-23-16-12-10-14-21(23)22-15-11-13-17-24(22)28/h10-19H,1-9H3. The maximum Gasteiger partial charge on any atom is 0.0834 e. The summed E-state index contributed by atoms with van der Waals surface area (Å²) >= 11 is 1.64. The molecule has 1 aliphatic carbocycles. The van der Waals surface area contributed by atoms with E-state index in [1.807, 2.05) is 0 Å². The van der Waals surface area contributed by atoms with E-state index in [9.17, 15) is 0 Å². The lowest BCUT2D eigenvalue weighted by Crippen LogP contribution is -2.21. The van der Waals surface area contributed by atoms with Gasteiger partial charge in [-0.3, -0.25) is 0 Å². The second-order valence-electron chi connectivity index (χ2n) is 12.3. The number of hydrogen-bond donors (Lipinski definition) is 0. The SMILES string of the molecule is CC(C)(C)c1cc(C(C)(C)C)c(N=S=C2c3ccccc3-c3ccccc32)c(C(C)(C)C)c1. The average Bonchev–Trinajstić information content (AvgIpc) is 3.03. The molecule has 172 valence electrons. The molecular weight excluding hydrogens is 418 g/mol. The lowest BCUT2D eigenvalue weighted by Gasteiger charge is -2.31. The third kappa shape index (κ3) is 4.51. The summed E-state index contributed by atoms with van der Waals surface area (Å²) in [5, 5.41) is 0. The van der Waals surface area contributed by atoms with Gasteiger partial charge in [-0.1, -0.05) is 123 Å². The van der Waals surface area contributed by atoms with E-state index in [-0.39, 0.29) is 16.2 Å². The normalized spacial score (nSPS) is 13.5. The Morgan fingerprint density at radius 3 is 1.30 bits per heavy atom. The zero-order chi connectivity index (χ0) is 24.2. The van der Waals surface area contributed by atoms with E-state index in [2.05, 4.69) is 123 Å². The summed E-state index contributed by atoms with van der Waals surface area (Å²) in [5.41, 5.74) is 10.4. The Balaban J connectivity index is 2.05. The number of benzene rings is 3. The third-order valence-electron chi connectivity index (χ3n) is 6.45. The minimum atomic E-state index is -0.00316. The van der Waals surface area contributed by atoms with Gasteiger partial charge in [-0.05, 0) is 55.2 Å². The van der Waals surface area contributed by atoms with E-state index < -0.39 is 0 Å². The first-order valence-corrected chi connectivity index (χ1v) is 12.7.